The molecule has 2 aliphatic rings. The maximum absolute atomic E-state index is 5.88. The molecule has 1 aliphatic heterocycles. The van der Waals surface area contributed by atoms with Gasteiger partial charge in [0.25, 0.3) is 0 Å². The van der Waals surface area contributed by atoms with Gasteiger partial charge in [0.05, 0.1) is 42.2 Å². The minimum absolute atomic E-state index is 0.122. The van der Waals surface area contributed by atoms with Gasteiger partial charge in [0.2, 0.25) is 0 Å². The zero-order chi connectivity index (χ0) is 29.6. The average molecular weight is 577 g/mol. The predicted octanol–water partition coefficient (Wildman–Crippen LogP) is 5.43. The molecule has 0 saturated carbocycles. The molecular formula is C34H44N2O6. The molecule has 0 N–H and O–H groups in total. The lowest BCUT2D eigenvalue weighted by Gasteiger charge is -2.37. The first kappa shape index (κ1) is 29.9. The highest BCUT2D eigenvalue weighted by molar-refractivity contribution is 5.57. The van der Waals surface area contributed by atoms with E-state index in [1.165, 1.54) is 22.4 Å². The Morgan fingerprint density at radius 1 is 0.643 bits per heavy atom. The van der Waals surface area contributed by atoms with E-state index in [4.69, 9.17) is 28.4 Å². The molecule has 226 valence electrons. The van der Waals surface area contributed by atoms with Crippen LogP contribution in [0.15, 0.2) is 54.6 Å². The Morgan fingerprint density at radius 3 is 1.86 bits per heavy atom. The molecule has 0 amide bonds. The number of benzene rings is 3. The van der Waals surface area contributed by atoms with Gasteiger partial charge in [-0.2, -0.15) is 0 Å². The van der Waals surface area contributed by atoms with Crippen LogP contribution in [0.5, 0.6) is 28.7 Å². The van der Waals surface area contributed by atoms with Crippen molar-refractivity contribution in [3.63, 3.8) is 0 Å². The molecule has 8 nitrogen and oxygen atoms in total. The van der Waals surface area contributed by atoms with Crippen LogP contribution in [0, 0.1) is 5.92 Å². The van der Waals surface area contributed by atoms with Crippen molar-refractivity contribution in [2.24, 2.45) is 5.92 Å². The monoisotopic (exact) mass is 576 g/mol. The van der Waals surface area contributed by atoms with E-state index >= 15 is 0 Å². The number of ether oxygens (including phenoxy) is 6. The lowest BCUT2D eigenvalue weighted by molar-refractivity contribution is 0.130. The van der Waals surface area contributed by atoms with Crippen LogP contribution in [0.25, 0.3) is 0 Å². The van der Waals surface area contributed by atoms with Gasteiger partial charge in [-0.25, -0.2) is 0 Å². The normalized spacial score (nSPS) is 20.2. The highest BCUT2D eigenvalue weighted by Gasteiger charge is 2.42. The van der Waals surface area contributed by atoms with E-state index in [0.717, 1.165) is 67.9 Å². The number of anilines is 1. The topological polar surface area (TPSA) is 61.9 Å². The third-order valence-electron chi connectivity index (χ3n) is 8.96. The fourth-order valence-electron chi connectivity index (χ4n) is 6.79. The summed E-state index contributed by atoms with van der Waals surface area (Å²) in [6, 6.07) is 19.0. The van der Waals surface area contributed by atoms with Crippen LogP contribution in [0.3, 0.4) is 0 Å². The van der Waals surface area contributed by atoms with Crippen molar-refractivity contribution in [3.05, 3.63) is 71.3 Å². The van der Waals surface area contributed by atoms with Gasteiger partial charge in [-0.15, -0.1) is 0 Å². The summed E-state index contributed by atoms with van der Waals surface area (Å²) in [6.45, 7) is 5.75. The summed E-state index contributed by atoms with van der Waals surface area (Å²) >= 11 is 0. The first-order valence-electron chi connectivity index (χ1n) is 14.6. The minimum atomic E-state index is 0.122. The van der Waals surface area contributed by atoms with Crippen molar-refractivity contribution in [1.82, 2.24) is 4.90 Å². The lowest BCUT2D eigenvalue weighted by atomic mass is 9.81. The van der Waals surface area contributed by atoms with Crippen LogP contribution in [0.1, 0.15) is 34.9 Å². The van der Waals surface area contributed by atoms with Crippen molar-refractivity contribution >= 4 is 5.69 Å². The van der Waals surface area contributed by atoms with Crippen LogP contribution < -0.4 is 28.6 Å². The highest BCUT2D eigenvalue weighted by Crippen LogP contribution is 2.54. The fraction of sp³-hybridized carbons (Fsp3) is 0.471. The summed E-state index contributed by atoms with van der Waals surface area (Å²) in [5, 5.41) is 0. The van der Waals surface area contributed by atoms with Gasteiger partial charge in [-0.05, 0) is 84.1 Å². The van der Waals surface area contributed by atoms with Gasteiger partial charge < -0.3 is 33.3 Å². The number of hydrogen-bond acceptors (Lipinski definition) is 8. The summed E-state index contributed by atoms with van der Waals surface area (Å²) < 4.78 is 33.9. The molecule has 1 saturated heterocycles. The number of piperazine rings is 1. The summed E-state index contributed by atoms with van der Waals surface area (Å²) in [5.41, 5.74) is 5.00. The van der Waals surface area contributed by atoms with Gasteiger partial charge in [0.1, 0.15) is 5.75 Å². The van der Waals surface area contributed by atoms with Gasteiger partial charge in [0.15, 0.2) is 23.0 Å². The second kappa shape index (κ2) is 13.6. The Kier molecular flexibility index (Phi) is 9.65. The van der Waals surface area contributed by atoms with E-state index < -0.39 is 0 Å². The van der Waals surface area contributed by atoms with Crippen molar-refractivity contribution in [2.75, 3.05) is 86.9 Å². The summed E-state index contributed by atoms with van der Waals surface area (Å²) in [6.07, 6.45) is 1.03. The molecule has 1 heterocycles. The molecule has 3 unspecified atom stereocenters. The maximum atomic E-state index is 5.88. The van der Waals surface area contributed by atoms with E-state index in [2.05, 4.69) is 46.2 Å². The zero-order valence-electron chi connectivity index (χ0n) is 25.7. The van der Waals surface area contributed by atoms with Crippen LogP contribution in [-0.4, -0.2) is 86.9 Å². The standard InChI is InChI=1S/C34H44N2O6/c1-37-22-29-26(13-14-35-15-17-36(18-16-35)24-8-10-25(38-2)11-9-24)27-20-32(41-5)33(42-6)21-28(27)34(29)23-7-12-30(39-3)31(19-23)40-4/h7-12,19-21,26,29,34H,13-18,22H2,1-6H3. The molecule has 1 aliphatic carbocycles. The Morgan fingerprint density at radius 2 is 1.26 bits per heavy atom. The second-order valence-corrected chi connectivity index (χ2v) is 11.0. The quantitative estimate of drug-likeness (QED) is 0.283. The van der Waals surface area contributed by atoms with E-state index in [0.29, 0.717) is 12.5 Å². The lowest BCUT2D eigenvalue weighted by Crippen LogP contribution is -2.46. The molecule has 3 aromatic carbocycles. The number of nitrogens with zero attached hydrogens (tertiary/aromatic N) is 2. The number of hydrogen-bond donors (Lipinski definition) is 0. The highest BCUT2D eigenvalue weighted by atomic mass is 16.5. The molecule has 8 heteroatoms. The van der Waals surface area contributed by atoms with Crippen LogP contribution >= 0.6 is 0 Å². The zero-order valence-corrected chi connectivity index (χ0v) is 25.7. The second-order valence-electron chi connectivity index (χ2n) is 11.0. The van der Waals surface area contributed by atoms with E-state index in [1.807, 2.05) is 18.2 Å². The first-order chi connectivity index (χ1) is 20.5. The van der Waals surface area contributed by atoms with Crippen molar-refractivity contribution in [3.8, 4) is 28.7 Å². The molecule has 1 fully saturated rings. The smallest absolute Gasteiger partial charge is 0.161 e. The molecule has 0 bridgehead atoms. The Bertz CT molecular complexity index is 1320. The largest absolute Gasteiger partial charge is 0.497 e. The summed E-state index contributed by atoms with van der Waals surface area (Å²) in [5.74, 6) is 4.52. The fourth-order valence-corrected chi connectivity index (χ4v) is 6.79. The van der Waals surface area contributed by atoms with E-state index in [1.54, 1.807) is 42.7 Å². The Hall–Kier alpha value is -3.62. The number of methoxy groups -OCH3 is 6. The van der Waals surface area contributed by atoms with Gasteiger partial charge in [0, 0.05) is 50.8 Å². The Labute approximate surface area is 250 Å². The molecule has 0 spiro atoms. The number of fused-ring (bicyclic) bond motifs is 1. The minimum Gasteiger partial charge on any atom is -0.497 e. The predicted molar refractivity (Wildman–Crippen MR) is 165 cm³/mol. The van der Waals surface area contributed by atoms with Gasteiger partial charge in [-0.1, -0.05) is 6.07 Å². The molecule has 3 atom stereocenters. The number of rotatable bonds is 12. The average Bonchev–Trinajstić information content (AvgIpc) is 3.34. The SMILES string of the molecule is COCC1C(CCN2CCN(c3ccc(OC)cc3)CC2)c2cc(OC)c(OC)cc2C1c1ccc(OC)c(OC)c1. The van der Waals surface area contributed by atoms with E-state index in [9.17, 15) is 0 Å². The molecule has 42 heavy (non-hydrogen) atoms. The van der Waals surface area contributed by atoms with Gasteiger partial charge in [-0.3, -0.25) is 4.90 Å². The Balaban J connectivity index is 1.39. The molecule has 0 radical (unpaired) electrons. The molecule has 3 aromatic rings. The first-order valence-corrected chi connectivity index (χ1v) is 14.6. The molecule has 5 rings (SSSR count). The summed E-state index contributed by atoms with van der Waals surface area (Å²) in [4.78, 5) is 5.05. The van der Waals surface area contributed by atoms with Crippen molar-refractivity contribution in [2.45, 2.75) is 18.3 Å². The molecular weight excluding hydrogens is 532 g/mol. The van der Waals surface area contributed by atoms with E-state index in [-0.39, 0.29) is 11.8 Å². The van der Waals surface area contributed by atoms with Gasteiger partial charge >= 0.3 is 0 Å². The third-order valence-corrected chi connectivity index (χ3v) is 8.96. The maximum Gasteiger partial charge on any atom is 0.161 e. The molecule has 0 aromatic heterocycles. The third kappa shape index (κ3) is 5.96. The van der Waals surface area contributed by atoms with Crippen LogP contribution in [-0.2, 0) is 4.74 Å². The summed E-state index contributed by atoms with van der Waals surface area (Å²) in [7, 11) is 10.2. The van der Waals surface area contributed by atoms with Crippen LogP contribution in [0.4, 0.5) is 5.69 Å². The van der Waals surface area contributed by atoms with Crippen LogP contribution in [0.2, 0.25) is 0 Å². The van der Waals surface area contributed by atoms with Crippen molar-refractivity contribution in [1.29, 1.82) is 0 Å². The van der Waals surface area contributed by atoms with Crippen molar-refractivity contribution < 1.29 is 28.4 Å².